The normalized spacial score (nSPS) is 11.0. The van der Waals surface area contributed by atoms with Crippen LogP contribution in [0.3, 0.4) is 0 Å². The van der Waals surface area contributed by atoms with Gasteiger partial charge in [0.25, 0.3) is 0 Å². The molecule has 0 aliphatic rings. The summed E-state index contributed by atoms with van der Waals surface area (Å²) in [6.45, 7) is 1.63. The van der Waals surface area contributed by atoms with Crippen molar-refractivity contribution in [1.82, 2.24) is 14.3 Å². The van der Waals surface area contributed by atoms with E-state index in [-0.39, 0.29) is 5.69 Å². The predicted molar refractivity (Wildman–Crippen MR) is 80.8 cm³/mol. The van der Waals surface area contributed by atoms with Crippen LogP contribution in [0.4, 0.5) is 17.2 Å². The highest BCUT2D eigenvalue weighted by Gasteiger charge is 2.24. The molecule has 1 N–H and O–H groups in total. The molecule has 2 aromatic heterocycles. The number of hydrogen-bond donors (Lipinski definition) is 1. The van der Waals surface area contributed by atoms with Crippen molar-refractivity contribution in [3.8, 4) is 0 Å². The van der Waals surface area contributed by atoms with Gasteiger partial charge < -0.3 is 9.88 Å². The highest BCUT2D eigenvalue weighted by molar-refractivity contribution is 5.85. The molecule has 3 rings (SSSR count). The fraction of sp³-hybridized carbons (Fsp3) is 0.214. The largest absolute Gasteiger partial charge is 0.350 e. The van der Waals surface area contributed by atoms with E-state index in [1.165, 1.54) is 4.68 Å². The molecule has 0 saturated carbocycles. The Bertz CT molecular complexity index is 847. The number of nitrogens with one attached hydrogen (secondary N) is 1. The van der Waals surface area contributed by atoms with Crippen LogP contribution in [0.1, 0.15) is 5.69 Å². The molecule has 0 bridgehead atoms. The lowest BCUT2D eigenvalue weighted by Gasteiger charge is -2.07. The monoisotopic (exact) mass is 285 g/mol. The highest BCUT2D eigenvalue weighted by atomic mass is 16.6. The molecular formula is C14H15N5O2. The van der Waals surface area contributed by atoms with Crippen LogP contribution in [0, 0.1) is 17.0 Å². The van der Waals surface area contributed by atoms with E-state index in [0.29, 0.717) is 11.5 Å². The minimum absolute atomic E-state index is 0.00415. The van der Waals surface area contributed by atoms with Crippen LogP contribution in [0.25, 0.3) is 10.9 Å². The minimum atomic E-state index is -0.411. The van der Waals surface area contributed by atoms with E-state index >= 15 is 0 Å². The molecule has 0 amide bonds. The average Bonchev–Trinajstić information content (AvgIpc) is 2.91. The Morgan fingerprint density at radius 2 is 2.05 bits per heavy atom. The van der Waals surface area contributed by atoms with Gasteiger partial charge in [-0.05, 0) is 30.5 Å². The fourth-order valence-electron chi connectivity index (χ4n) is 2.48. The van der Waals surface area contributed by atoms with Crippen LogP contribution in [0.5, 0.6) is 0 Å². The predicted octanol–water partition coefficient (Wildman–Crippen LogP) is 2.87. The summed E-state index contributed by atoms with van der Waals surface area (Å²) in [5, 5.41) is 19.5. The molecule has 108 valence electrons. The third kappa shape index (κ3) is 2.12. The van der Waals surface area contributed by atoms with Crippen molar-refractivity contribution in [3.63, 3.8) is 0 Å². The summed E-state index contributed by atoms with van der Waals surface area (Å²) in [6.07, 6.45) is 1.98. The fourth-order valence-corrected chi connectivity index (χ4v) is 2.48. The van der Waals surface area contributed by atoms with Gasteiger partial charge in [-0.2, -0.15) is 5.10 Å². The number of nitro groups is 1. The van der Waals surface area contributed by atoms with Gasteiger partial charge in [-0.25, -0.2) is 4.68 Å². The third-order valence-corrected chi connectivity index (χ3v) is 3.52. The zero-order valence-electron chi connectivity index (χ0n) is 12.0. The number of benzene rings is 1. The molecule has 7 nitrogen and oxygen atoms in total. The van der Waals surface area contributed by atoms with Gasteiger partial charge in [-0.3, -0.25) is 10.1 Å². The molecule has 0 aliphatic carbocycles. The Morgan fingerprint density at radius 1 is 1.29 bits per heavy atom. The van der Waals surface area contributed by atoms with Gasteiger partial charge in [0.2, 0.25) is 5.82 Å². The van der Waals surface area contributed by atoms with Gasteiger partial charge in [0, 0.05) is 31.5 Å². The second-order valence-electron chi connectivity index (χ2n) is 4.99. The summed E-state index contributed by atoms with van der Waals surface area (Å²) in [7, 11) is 3.65. The SMILES string of the molecule is Cc1nn(C)c(Nc2ccc3ccn(C)c3c2)c1[N+](=O)[O-]. The molecule has 0 fully saturated rings. The summed E-state index contributed by atoms with van der Waals surface area (Å²) in [5.74, 6) is 0.381. The number of nitrogens with zero attached hydrogens (tertiary/aromatic N) is 4. The topological polar surface area (TPSA) is 77.9 Å². The number of fused-ring (bicyclic) bond motifs is 1. The van der Waals surface area contributed by atoms with Gasteiger partial charge in [0.15, 0.2) is 0 Å². The molecule has 21 heavy (non-hydrogen) atoms. The van der Waals surface area contributed by atoms with Crippen LogP contribution < -0.4 is 5.32 Å². The van der Waals surface area contributed by atoms with E-state index in [9.17, 15) is 10.1 Å². The first-order chi connectivity index (χ1) is 9.97. The Morgan fingerprint density at radius 3 is 2.76 bits per heavy atom. The lowest BCUT2D eigenvalue weighted by Crippen LogP contribution is -2.01. The maximum atomic E-state index is 11.2. The Hall–Kier alpha value is -2.83. The molecule has 2 heterocycles. The van der Waals surface area contributed by atoms with Crippen molar-refractivity contribution in [2.45, 2.75) is 6.92 Å². The first-order valence-electron chi connectivity index (χ1n) is 6.47. The summed E-state index contributed by atoms with van der Waals surface area (Å²) in [5.41, 5.74) is 2.24. The smallest absolute Gasteiger partial charge is 0.334 e. The second kappa shape index (κ2) is 4.62. The van der Waals surface area contributed by atoms with E-state index in [2.05, 4.69) is 10.4 Å². The summed E-state index contributed by atoms with van der Waals surface area (Å²) >= 11 is 0. The molecule has 1 aromatic carbocycles. The molecule has 0 spiro atoms. The quantitative estimate of drug-likeness (QED) is 0.593. The maximum Gasteiger partial charge on any atom is 0.334 e. The number of aromatic nitrogens is 3. The van der Waals surface area contributed by atoms with Gasteiger partial charge in [0.1, 0.15) is 5.69 Å². The van der Waals surface area contributed by atoms with E-state index in [1.54, 1.807) is 14.0 Å². The Labute approximate surface area is 120 Å². The van der Waals surface area contributed by atoms with Crippen LogP contribution in [0.2, 0.25) is 0 Å². The summed E-state index contributed by atoms with van der Waals surface area (Å²) < 4.78 is 3.49. The zero-order chi connectivity index (χ0) is 15.1. The third-order valence-electron chi connectivity index (χ3n) is 3.52. The molecule has 0 saturated heterocycles. The van der Waals surface area contributed by atoms with Crippen LogP contribution in [0.15, 0.2) is 30.5 Å². The summed E-state index contributed by atoms with van der Waals surface area (Å²) in [4.78, 5) is 10.8. The van der Waals surface area contributed by atoms with Crippen LogP contribution >= 0.6 is 0 Å². The second-order valence-corrected chi connectivity index (χ2v) is 4.99. The molecule has 3 aromatic rings. The van der Waals surface area contributed by atoms with E-state index in [1.807, 2.05) is 42.1 Å². The lowest BCUT2D eigenvalue weighted by molar-refractivity contribution is -0.384. The van der Waals surface area contributed by atoms with Crippen LogP contribution in [-0.2, 0) is 14.1 Å². The molecule has 0 atom stereocenters. The van der Waals surface area contributed by atoms with Crippen molar-refractivity contribution in [2.24, 2.45) is 14.1 Å². The molecule has 0 aliphatic heterocycles. The Balaban J connectivity index is 2.06. The maximum absolute atomic E-state index is 11.2. The van der Waals surface area contributed by atoms with E-state index in [0.717, 1.165) is 16.6 Å². The highest BCUT2D eigenvalue weighted by Crippen LogP contribution is 2.31. The van der Waals surface area contributed by atoms with Gasteiger partial charge in [-0.1, -0.05) is 6.07 Å². The van der Waals surface area contributed by atoms with Gasteiger partial charge in [0.05, 0.1) is 4.92 Å². The number of anilines is 2. The van der Waals surface area contributed by atoms with Crippen molar-refractivity contribution in [2.75, 3.05) is 5.32 Å². The first-order valence-corrected chi connectivity index (χ1v) is 6.47. The molecular weight excluding hydrogens is 270 g/mol. The number of aryl methyl sites for hydroxylation is 3. The van der Waals surface area contributed by atoms with E-state index in [4.69, 9.17) is 0 Å². The zero-order valence-corrected chi connectivity index (χ0v) is 12.0. The Kier molecular flexibility index (Phi) is 2.90. The van der Waals surface area contributed by atoms with Crippen molar-refractivity contribution < 1.29 is 4.92 Å². The molecule has 0 unspecified atom stereocenters. The molecule has 0 radical (unpaired) electrons. The van der Waals surface area contributed by atoms with E-state index < -0.39 is 4.92 Å². The average molecular weight is 285 g/mol. The summed E-state index contributed by atoms with van der Waals surface area (Å²) in [6, 6.07) is 7.86. The number of hydrogen-bond acceptors (Lipinski definition) is 4. The van der Waals surface area contributed by atoms with Crippen molar-refractivity contribution in [3.05, 3.63) is 46.3 Å². The van der Waals surface area contributed by atoms with Gasteiger partial charge >= 0.3 is 5.69 Å². The first kappa shape index (κ1) is 13.2. The lowest BCUT2D eigenvalue weighted by atomic mass is 10.2. The van der Waals surface area contributed by atoms with Crippen molar-refractivity contribution in [1.29, 1.82) is 0 Å². The van der Waals surface area contributed by atoms with Gasteiger partial charge in [-0.15, -0.1) is 0 Å². The minimum Gasteiger partial charge on any atom is -0.350 e. The van der Waals surface area contributed by atoms with Crippen LogP contribution in [-0.4, -0.2) is 19.3 Å². The molecule has 7 heteroatoms. The standard InChI is InChI=1S/C14H15N5O2/c1-9-13(19(20)21)14(18(3)16-9)15-11-5-4-10-6-7-17(2)12(10)8-11/h4-8,15H,1-3H3. The van der Waals surface area contributed by atoms with Crippen molar-refractivity contribution >= 4 is 28.1 Å². The number of rotatable bonds is 3.